The molecular formula is C54H108N2O5. The summed E-state index contributed by atoms with van der Waals surface area (Å²) in [6.45, 7) is 18.5. The van der Waals surface area contributed by atoms with E-state index in [1.54, 1.807) is 0 Å². The largest absolute Gasteiger partial charge is 0.465 e. The van der Waals surface area contributed by atoms with Gasteiger partial charge in [-0.15, -0.1) is 0 Å². The highest BCUT2D eigenvalue weighted by Gasteiger charge is 2.15. The summed E-state index contributed by atoms with van der Waals surface area (Å²) in [5.41, 5.74) is 0. The summed E-state index contributed by atoms with van der Waals surface area (Å²) in [4.78, 5) is 30.6. The number of esters is 2. The molecule has 61 heavy (non-hydrogen) atoms. The molecule has 0 saturated carbocycles. The van der Waals surface area contributed by atoms with Crippen molar-refractivity contribution in [2.75, 3.05) is 59.1 Å². The van der Waals surface area contributed by atoms with Crippen molar-refractivity contribution in [3.05, 3.63) is 0 Å². The average molecular weight is 865 g/mol. The number of ether oxygens (including phenoxy) is 2. The van der Waals surface area contributed by atoms with Gasteiger partial charge >= 0.3 is 11.9 Å². The van der Waals surface area contributed by atoms with Crippen LogP contribution in [0.25, 0.3) is 0 Å². The second-order valence-electron chi connectivity index (χ2n) is 19.0. The normalized spacial score (nSPS) is 12.7. The number of carbonyl (C=O) groups is 2. The zero-order valence-electron chi connectivity index (χ0n) is 41.9. The standard InChI is InChI=1S/C54H108N2O5/c1-6-11-16-21-23-29-38-51(36-27-18-13-8-3)49-60-53(58)40-31-25-34-42-55(45-46-56(47-48-57)44-33-20-15-10-5)43-35-26-32-41-54(59)61-50-52(37-28-19-14-9-4)39-30-24-22-17-12-7-2/h51-52,57H,6-50H2,1-5H3. The lowest BCUT2D eigenvalue weighted by Gasteiger charge is -2.27. The SMILES string of the molecule is CCCCCCCCC(CCCCCC)COC(=O)CCCCCN(CCCCCC(=O)OCC(CCCCCC)CCCCCCCC)CCN(CCO)CCCCCC. The van der Waals surface area contributed by atoms with Crippen LogP contribution in [0.3, 0.4) is 0 Å². The van der Waals surface area contributed by atoms with Gasteiger partial charge in [-0.3, -0.25) is 14.5 Å². The highest BCUT2D eigenvalue weighted by atomic mass is 16.5. The summed E-state index contributed by atoms with van der Waals surface area (Å²) in [6, 6.07) is 0. The number of unbranched alkanes of at least 4 members (excludes halogenated alkanes) is 23. The average Bonchev–Trinajstić information content (AvgIpc) is 3.26. The summed E-state index contributed by atoms with van der Waals surface area (Å²) in [6.07, 6.45) is 42.8. The van der Waals surface area contributed by atoms with Gasteiger partial charge in [0.2, 0.25) is 0 Å². The smallest absolute Gasteiger partial charge is 0.305 e. The van der Waals surface area contributed by atoms with Gasteiger partial charge in [-0.05, 0) is 89.3 Å². The summed E-state index contributed by atoms with van der Waals surface area (Å²) in [5, 5.41) is 9.77. The molecule has 0 aromatic carbocycles. The first kappa shape index (κ1) is 59.8. The third kappa shape index (κ3) is 42.5. The quantitative estimate of drug-likeness (QED) is 0.0482. The van der Waals surface area contributed by atoms with Crippen molar-refractivity contribution in [3.8, 4) is 0 Å². The van der Waals surface area contributed by atoms with E-state index in [0.717, 1.165) is 77.8 Å². The molecule has 0 heterocycles. The molecule has 0 aliphatic rings. The minimum Gasteiger partial charge on any atom is -0.465 e. The third-order valence-electron chi connectivity index (χ3n) is 13.0. The van der Waals surface area contributed by atoms with Crippen molar-refractivity contribution >= 4 is 11.9 Å². The van der Waals surface area contributed by atoms with Crippen LogP contribution in [0.2, 0.25) is 0 Å². The fraction of sp³-hybridized carbons (Fsp3) is 0.963. The first-order valence-electron chi connectivity index (χ1n) is 27.3. The third-order valence-corrected chi connectivity index (χ3v) is 13.0. The van der Waals surface area contributed by atoms with E-state index >= 15 is 0 Å². The maximum atomic E-state index is 12.8. The van der Waals surface area contributed by atoms with Crippen molar-refractivity contribution in [2.24, 2.45) is 11.8 Å². The van der Waals surface area contributed by atoms with Crippen LogP contribution in [0.1, 0.15) is 266 Å². The van der Waals surface area contributed by atoms with Gasteiger partial charge in [-0.2, -0.15) is 0 Å². The number of hydrogen-bond donors (Lipinski definition) is 1. The Kier molecular flexibility index (Phi) is 47.3. The van der Waals surface area contributed by atoms with Crippen LogP contribution < -0.4 is 0 Å². The van der Waals surface area contributed by atoms with Crippen LogP contribution in [-0.4, -0.2) is 85.9 Å². The first-order valence-corrected chi connectivity index (χ1v) is 27.3. The molecule has 0 aromatic heterocycles. The van der Waals surface area contributed by atoms with Gasteiger partial charge in [0, 0.05) is 32.5 Å². The monoisotopic (exact) mass is 865 g/mol. The predicted octanol–water partition coefficient (Wildman–Crippen LogP) is 15.0. The van der Waals surface area contributed by atoms with E-state index in [9.17, 15) is 14.7 Å². The molecule has 2 unspecified atom stereocenters. The minimum absolute atomic E-state index is 0.0140. The second kappa shape index (κ2) is 48.3. The summed E-state index contributed by atoms with van der Waals surface area (Å²) < 4.78 is 11.8. The molecule has 0 bridgehead atoms. The molecule has 0 aromatic rings. The highest BCUT2D eigenvalue weighted by Crippen LogP contribution is 2.22. The molecular weight excluding hydrogens is 757 g/mol. The van der Waals surface area contributed by atoms with Gasteiger partial charge in [0.15, 0.2) is 0 Å². The molecule has 0 aliphatic carbocycles. The zero-order valence-corrected chi connectivity index (χ0v) is 41.9. The van der Waals surface area contributed by atoms with Gasteiger partial charge in [-0.1, -0.05) is 195 Å². The van der Waals surface area contributed by atoms with Crippen molar-refractivity contribution in [1.29, 1.82) is 0 Å². The van der Waals surface area contributed by atoms with Gasteiger partial charge in [0.05, 0.1) is 19.8 Å². The Morgan fingerprint density at radius 2 is 0.639 bits per heavy atom. The maximum absolute atomic E-state index is 12.8. The van der Waals surface area contributed by atoms with Crippen molar-refractivity contribution in [1.82, 2.24) is 9.80 Å². The number of aliphatic hydroxyl groups is 1. The Morgan fingerprint density at radius 1 is 0.361 bits per heavy atom. The minimum atomic E-state index is -0.0140. The molecule has 0 amide bonds. The second-order valence-corrected chi connectivity index (χ2v) is 19.0. The van der Waals surface area contributed by atoms with Crippen LogP contribution >= 0.6 is 0 Å². The topological polar surface area (TPSA) is 79.3 Å². The fourth-order valence-electron chi connectivity index (χ4n) is 8.75. The molecule has 1 N–H and O–H groups in total. The van der Waals surface area contributed by atoms with Gasteiger partial charge in [0.1, 0.15) is 0 Å². The van der Waals surface area contributed by atoms with Crippen LogP contribution in [-0.2, 0) is 19.1 Å². The van der Waals surface area contributed by atoms with E-state index in [1.807, 2.05) is 0 Å². The molecule has 2 atom stereocenters. The fourth-order valence-corrected chi connectivity index (χ4v) is 8.75. The van der Waals surface area contributed by atoms with E-state index in [-0.39, 0.29) is 18.5 Å². The molecule has 7 heteroatoms. The van der Waals surface area contributed by atoms with Crippen molar-refractivity contribution < 1.29 is 24.2 Å². The number of nitrogens with zero attached hydrogens (tertiary/aromatic N) is 2. The van der Waals surface area contributed by atoms with Crippen LogP contribution in [0.15, 0.2) is 0 Å². The van der Waals surface area contributed by atoms with E-state index in [1.165, 1.54) is 180 Å². The number of aliphatic hydroxyl groups excluding tert-OH is 1. The van der Waals surface area contributed by atoms with E-state index in [4.69, 9.17) is 9.47 Å². The number of hydrogen-bond acceptors (Lipinski definition) is 7. The lowest BCUT2D eigenvalue weighted by atomic mass is 9.95. The Morgan fingerprint density at radius 3 is 0.984 bits per heavy atom. The molecule has 0 radical (unpaired) electrons. The van der Waals surface area contributed by atoms with E-state index < -0.39 is 0 Å². The van der Waals surface area contributed by atoms with Gasteiger partial charge in [0.25, 0.3) is 0 Å². The molecule has 0 spiro atoms. The molecule has 364 valence electrons. The lowest BCUT2D eigenvalue weighted by Crippen LogP contribution is -2.38. The van der Waals surface area contributed by atoms with Crippen molar-refractivity contribution in [3.63, 3.8) is 0 Å². The summed E-state index contributed by atoms with van der Waals surface area (Å²) >= 11 is 0. The summed E-state index contributed by atoms with van der Waals surface area (Å²) in [5.74, 6) is 1.00. The Bertz CT molecular complexity index is 845. The maximum Gasteiger partial charge on any atom is 0.305 e. The Hall–Kier alpha value is -1.18. The van der Waals surface area contributed by atoms with E-state index in [2.05, 4.69) is 44.4 Å². The molecule has 0 saturated heterocycles. The van der Waals surface area contributed by atoms with Crippen LogP contribution in [0, 0.1) is 11.8 Å². The first-order chi connectivity index (χ1) is 29.9. The predicted molar refractivity (Wildman–Crippen MR) is 263 cm³/mol. The summed E-state index contributed by atoms with van der Waals surface area (Å²) in [7, 11) is 0. The van der Waals surface area contributed by atoms with Gasteiger partial charge in [-0.25, -0.2) is 0 Å². The number of rotatable bonds is 50. The van der Waals surface area contributed by atoms with Crippen LogP contribution in [0.5, 0.6) is 0 Å². The molecule has 0 aliphatic heterocycles. The molecule has 0 fully saturated rings. The number of carbonyl (C=O) groups excluding carboxylic acids is 2. The zero-order chi connectivity index (χ0) is 44.7. The highest BCUT2D eigenvalue weighted by molar-refractivity contribution is 5.69. The van der Waals surface area contributed by atoms with Crippen LogP contribution in [0.4, 0.5) is 0 Å². The lowest BCUT2D eigenvalue weighted by molar-refractivity contribution is -0.146. The van der Waals surface area contributed by atoms with Gasteiger partial charge < -0.3 is 19.5 Å². The molecule has 0 rings (SSSR count). The van der Waals surface area contributed by atoms with Crippen molar-refractivity contribution in [2.45, 2.75) is 266 Å². The van der Waals surface area contributed by atoms with E-state index in [0.29, 0.717) is 37.9 Å². The molecule has 7 nitrogen and oxygen atoms in total. The Balaban J connectivity index is 4.86. The Labute approximate surface area is 381 Å².